The van der Waals surface area contributed by atoms with Gasteiger partial charge in [0.2, 0.25) is 0 Å². The van der Waals surface area contributed by atoms with E-state index in [4.69, 9.17) is 4.42 Å². The molecule has 1 aromatic carbocycles. The number of furan rings is 1. The third-order valence-electron chi connectivity index (χ3n) is 3.05. The van der Waals surface area contributed by atoms with Crippen molar-refractivity contribution >= 4 is 11.6 Å². The number of benzene rings is 1. The van der Waals surface area contributed by atoms with Gasteiger partial charge in [-0.05, 0) is 43.3 Å². The molecule has 0 aliphatic rings. The van der Waals surface area contributed by atoms with E-state index in [9.17, 15) is 4.79 Å². The Hall–Kier alpha value is -2.49. The maximum Gasteiger partial charge on any atom is 0.251 e. The van der Waals surface area contributed by atoms with Gasteiger partial charge in [-0.1, -0.05) is 6.08 Å². The molecule has 0 aliphatic heterocycles. The maximum atomic E-state index is 11.8. The highest BCUT2D eigenvalue weighted by molar-refractivity contribution is 5.94. The van der Waals surface area contributed by atoms with E-state index < -0.39 is 0 Å². The number of hydrogen-bond donors (Lipinski definition) is 2. The molecule has 0 aliphatic carbocycles. The number of hydrogen-bond acceptors (Lipinski definition) is 3. The first-order valence-electron chi connectivity index (χ1n) is 6.97. The van der Waals surface area contributed by atoms with Crippen molar-refractivity contribution in [3.8, 4) is 0 Å². The third-order valence-corrected chi connectivity index (χ3v) is 3.05. The van der Waals surface area contributed by atoms with E-state index in [0.29, 0.717) is 12.1 Å². The number of amides is 1. The summed E-state index contributed by atoms with van der Waals surface area (Å²) in [6.45, 7) is 6.13. The van der Waals surface area contributed by atoms with Crippen LogP contribution < -0.4 is 10.6 Å². The number of rotatable bonds is 7. The fourth-order valence-electron chi connectivity index (χ4n) is 2.05. The molecule has 1 aromatic heterocycles. The Labute approximate surface area is 124 Å². The van der Waals surface area contributed by atoms with E-state index in [2.05, 4.69) is 24.1 Å². The largest absolute Gasteiger partial charge is 0.469 e. The first kappa shape index (κ1) is 14.9. The first-order chi connectivity index (χ1) is 10.2. The third kappa shape index (κ3) is 4.53. The van der Waals surface area contributed by atoms with E-state index in [-0.39, 0.29) is 11.9 Å². The van der Waals surface area contributed by atoms with E-state index in [1.807, 2.05) is 24.3 Å². The molecule has 1 heterocycles. The minimum atomic E-state index is -0.0925. The average Bonchev–Trinajstić information content (AvgIpc) is 2.98. The second-order valence-corrected chi connectivity index (χ2v) is 4.90. The van der Waals surface area contributed by atoms with Crippen LogP contribution in [-0.4, -0.2) is 18.5 Å². The van der Waals surface area contributed by atoms with Crippen molar-refractivity contribution < 1.29 is 9.21 Å². The summed E-state index contributed by atoms with van der Waals surface area (Å²) in [6.07, 6.45) is 4.15. The van der Waals surface area contributed by atoms with Crippen LogP contribution in [0.1, 0.15) is 23.0 Å². The smallest absolute Gasteiger partial charge is 0.251 e. The SMILES string of the molecule is C=CCNC(=O)c1ccc(NC(C)Cc2ccco2)cc1. The highest BCUT2D eigenvalue weighted by atomic mass is 16.3. The highest BCUT2D eigenvalue weighted by Crippen LogP contribution is 2.13. The van der Waals surface area contributed by atoms with Crippen LogP contribution in [0.5, 0.6) is 0 Å². The molecule has 0 bridgehead atoms. The second kappa shape index (κ2) is 7.33. The monoisotopic (exact) mass is 284 g/mol. The van der Waals surface area contributed by atoms with Gasteiger partial charge in [0.15, 0.2) is 0 Å². The van der Waals surface area contributed by atoms with Gasteiger partial charge in [0.25, 0.3) is 5.91 Å². The Kier molecular flexibility index (Phi) is 5.21. The molecule has 0 saturated heterocycles. The standard InChI is InChI=1S/C17H20N2O2/c1-3-10-18-17(20)14-6-8-15(9-7-14)19-13(2)12-16-5-4-11-21-16/h3-9,11,13,19H,1,10,12H2,2H3,(H,18,20). The molecule has 1 amide bonds. The first-order valence-corrected chi connectivity index (χ1v) is 6.97. The van der Waals surface area contributed by atoms with E-state index in [0.717, 1.165) is 17.9 Å². The summed E-state index contributed by atoms with van der Waals surface area (Å²) in [5, 5.41) is 6.13. The zero-order valence-electron chi connectivity index (χ0n) is 12.1. The molecule has 1 atom stereocenters. The fourth-order valence-corrected chi connectivity index (χ4v) is 2.05. The van der Waals surface area contributed by atoms with Crippen LogP contribution in [0.4, 0.5) is 5.69 Å². The second-order valence-electron chi connectivity index (χ2n) is 4.90. The minimum absolute atomic E-state index is 0.0925. The summed E-state index contributed by atoms with van der Waals surface area (Å²) in [6, 6.07) is 11.5. The summed E-state index contributed by atoms with van der Waals surface area (Å²) in [5.41, 5.74) is 1.62. The summed E-state index contributed by atoms with van der Waals surface area (Å²) in [4.78, 5) is 11.8. The molecule has 4 nitrogen and oxygen atoms in total. The zero-order valence-corrected chi connectivity index (χ0v) is 12.1. The number of carbonyl (C=O) groups is 1. The van der Waals surface area contributed by atoms with E-state index in [1.165, 1.54) is 0 Å². The van der Waals surface area contributed by atoms with Crippen LogP contribution in [0.25, 0.3) is 0 Å². The summed E-state index contributed by atoms with van der Waals surface area (Å²) < 4.78 is 5.33. The topological polar surface area (TPSA) is 54.3 Å². The molecule has 110 valence electrons. The van der Waals surface area contributed by atoms with Crippen molar-refractivity contribution in [3.63, 3.8) is 0 Å². The molecule has 0 spiro atoms. The summed E-state index contributed by atoms with van der Waals surface area (Å²) in [5.74, 6) is 0.862. The Morgan fingerprint density at radius 1 is 1.33 bits per heavy atom. The molecule has 21 heavy (non-hydrogen) atoms. The van der Waals surface area contributed by atoms with Gasteiger partial charge in [0, 0.05) is 30.3 Å². The molecular formula is C17H20N2O2. The Bertz CT molecular complexity index is 573. The van der Waals surface area contributed by atoms with Crippen molar-refractivity contribution in [2.75, 3.05) is 11.9 Å². The van der Waals surface area contributed by atoms with Crippen molar-refractivity contribution in [2.45, 2.75) is 19.4 Å². The molecule has 2 rings (SSSR count). The quantitative estimate of drug-likeness (QED) is 0.767. The van der Waals surface area contributed by atoms with Crippen LogP contribution in [-0.2, 0) is 6.42 Å². The Morgan fingerprint density at radius 3 is 2.71 bits per heavy atom. The van der Waals surface area contributed by atoms with Gasteiger partial charge in [-0.25, -0.2) is 0 Å². The van der Waals surface area contributed by atoms with E-state index in [1.54, 1.807) is 24.5 Å². The number of anilines is 1. The van der Waals surface area contributed by atoms with Crippen molar-refractivity contribution in [1.82, 2.24) is 5.32 Å². The summed E-state index contributed by atoms with van der Waals surface area (Å²) >= 11 is 0. The van der Waals surface area contributed by atoms with Crippen LogP contribution in [0.2, 0.25) is 0 Å². The van der Waals surface area contributed by atoms with Gasteiger partial charge in [-0.3, -0.25) is 4.79 Å². The molecule has 0 saturated carbocycles. The number of nitrogens with one attached hydrogen (secondary N) is 2. The highest BCUT2D eigenvalue weighted by Gasteiger charge is 2.07. The molecule has 2 aromatic rings. The molecule has 2 N–H and O–H groups in total. The Morgan fingerprint density at radius 2 is 2.10 bits per heavy atom. The van der Waals surface area contributed by atoms with Crippen LogP contribution in [0.15, 0.2) is 59.7 Å². The molecule has 1 unspecified atom stereocenters. The lowest BCUT2D eigenvalue weighted by molar-refractivity contribution is 0.0958. The Balaban J connectivity index is 1.89. The molecular weight excluding hydrogens is 264 g/mol. The maximum absolute atomic E-state index is 11.8. The van der Waals surface area contributed by atoms with Crippen molar-refractivity contribution in [3.05, 3.63) is 66.6 Å². The van der Waals surface area contributed by atoms with E-state index >= 15 is 0 Å². The van der Waals surface area contributed by atoms with Gasteiger partial charge in [0.05, 0.1) is 6.26 Å². The minimum Gasteiger partial charge on any atom is -0.469 e. The predicted octanol–water partition coefficient (Wildman–Crippen LogP) is 3.24. The van der Waals surface area contributed by atoms with Gasteiger partial charge in [0.1, 0.15) is 5.76 Å². The zero-order chi connectivity index (χ0) is 15.1. The summed E-state index contributed by atoms with van der Waals surface area (Å²) in [7, 11) is 0. The van der Waals surface area contributed by atoms with Crippen LogP contribution >= 0.6 is 0 Å². The van der Waals surface area contributed by atoms with Crippen LogP contribution in [0.3, 0.4) is 0 Å². The van der Waals surface area contributed by atoms with Gasteiger partial charge in [-0.2, -0.15) is 0 Å². The van der Waals surface area contributed by atoms with Crippen molar-refractivity contribution in [2.24, 2.45) is 0 Å². The lowest BCUT2D eigenvalue weighted by Gasteiger charge is -2.14. The van der Waals surface area contributed by atoms with Gasteiger partial charge < -0.3 is 15.1 Å². The van der Waals surface area contributed by atoms with Crippen LogP contribution in [0, 0.1) is 0 Å². The van der Waals surface area contributed by atoms with Gasteiger partial charge in [-0.15, -0.1) is 6.58 Å². The average molecular weight is 284 g/mol. The normalized spacial score (nSPS) is 11.7. The predicted molar refractivity (Wildman–Crippen MR) is 84.5 cm³/mol. The fraction of sp³-hybridized carbons (Fsp3) is 0.235. The molecule has 0 fully saturated rings. The lowest BCUT2D eigenvalue weighted by atomic mass is 10.1. The lowest BCUT2D eigenvalue weighted by Crippen LogP contribution is -2.23. The molecule has 0 radical (unpaired) electrons. The van der Waals surface area contributed by atoms with Gasteiger partial charge >= 0.3 is 0 Å². The molecule has 4 heteroatoms. The van der Waals surface area contributed by atoms with Crippen molar-refractivity contribution in [1.29, 1.82) is 0 Å². The number of carbonyl (C=O) groups excluding carboxylic acids is 1.